The number of anilines is 3. The summed E-state index contributed by atoms with van der Waals surface area (Å²) in [5.41, 5.74) is 13.1. The summed E-state index contributed by atoms with van der Waals surface area (Å²) in [4.78, 5) is 2.42. The lowest BCUT2D eigenvalue weighted by molar-refractivity contribution is 1.26. The first-order valence-electron chi connectivity index (χ1n) is 20.7. The minimum Gasteiger partial charge on any atom is -0.316 e. The predicted octanol–water partition coefficient (Wildman–Crippen LogP) is 16.2. The summed E-state index contributed by atoms with van der Waals surface area (Å²) >= 11 is 0. The Labute approximate surface area is 348 Å². The quantitative estimate of drug-likeness (QED) is 0.153. The molecule has 2 aromatic heterocycles. The van der Waals surface area contributed by atoms with E-state index >= 15 is 0 Å². The van der Waals surface area contributed by atoms with Crippen LogP contribution in [-0.4, -0.2) is 4.40 Å². The number of fused-ring (bicyclic) bond motifs is 9. The Morgan fingerprint density at radius 3 is 1.72 bits per heavy atom. The highest BCUT2D eigenvalue weighted by Gasteiger charge is 2.20. The van der Waals surface area contributed by atoms with Crippen molar-refractivity contribution in [2.75, 3.05) is 4.90 Å². The summed E-state index contributed by atoms with van der Waals surface area (Å²) in [5.74, 6) is 0. The fraction of sp³-hybridized carbons (Fsp3) is 0. The first kappa shape index (κ1) is 34.1. The second-order valence-electron chi connectivity index (χ2n) is 15.7. The van der Waals surface area contributed by atoms with Gasteiger partial charge in [-0.3, -0.25) is 0 Å². The van der Waals surface area contributed by atoms with Gasteiger partial charge in [-0.1, -0.05) is 170 Å². The molecule has 12 aromatic rings. The average Bonchev–Trinajstić information content (AvgIpc) is 3.67. The van der Waals surface area contributed by atoms with Crippen LogP contribution in [0.3, 0.4) is 0 Å². The summed E-state index contributed by atoms with van der Waals surface area (Å²) in [5, 5.41) is 11.2. The molecule has 0 saturated carbocycles. The van der Waals surface area contributed by atoms with Crippen molar-refractivity contribution in [3.63, 3.8) is 0 Å². The molecule has 0 N–H and O–H groups in total. The number of pyridine rings is 1. The minimum atomic E-state index is 1.10. The van der Waals surface area contributed by atoms with Crippen molar-refractivity contribution in [3.05, 3.63) is 231 Å². The molecule has 0 saturated heterocycles. The van der Waals surface area contributed by atoms with Crippen molar-refractivity contribution in [2.45, 2.75) is 0 Å². The van der Waals surface area contributed by atoms with E-state index in [0.717, 1.165) is 17.1 Å². The monoisotopic (exact) mass is 762 g/mol. The molecule has 280 valence electrons. The van der Waals surface area contributed by atoms with E-state index < -0.39 is 0 Å². The molecule has 0 bridgehead atoms. The van der Waals surface area contributed by atoms with E-state index in [4.69, 9.17) is 0 Å². The van der Waals surface area contributed by atoms with Crippen LogP contribution in [0.2, 0.25) is 0 Å². The summed E-state index contributed by atoms with van der Waals surface area (Å²) in [7, 11) is 0. The second kappa shape index (κ2) is 13.9. The van der Waals surface area contributed by atoms with Crippen molar-refractivity contribution in [1.29, 1.82) is 0 Å². The molecule has 0 aliphatic carbocycles. The first-order valence-corrected chi connectivity index (χ1v) is 20.7. The SMILES string of the molecule is c1ccc(-c2c3c4cc(-c5ccc(N(c6ccc(-c7cccc8ccccc78)cc6)c6cc7ccccc7c7ccccc67)cc5)ccc4ccc3n3ccccc23)cc1. The zero-order valence-electron chi connectivity index (χ0n) is 32.8. The number of aromatic nitrogens is 1. The molecule has 0 fully saturated rings. The van der Waals surface area contributed by atoms with Crippen LogP contribution < -0.4 is 4.90 Å². The summed E-state index contributed by atoms with van der Waals surface area (Å²) in [6.45, 7) is 0. The molecule has 0 aliphatic heterocycles. The highest BCUT2D eigenvalue weighted by molar-refractivity contribution is 6.19. The second-order valence-corrected chi connectivity index (χ2v) is 15.7. The standard InChI is InChI=1S/C58H38N2/c1-2-14-43(15-3-1)57-54-23-10-11-36-59(54)55-35-30-42-24-25-44(37-53(42)58(55)57)39-26-31-46(32-27-39)60(56-38-45-16-5-7-19-50(45)51-20-8-9-21-52(51)56)47-33-28-41(29-34-47)49-22-12-17-40-13-4-6-18-48(40)49/h1-38H. The van der Waals surface area contributed by atoms with Crippen LogP contribution in [0.15, 0.2) is 231 Å². The van der Waals surface area contributed by atoms with Gasteiger partial charge in [0.25, 0.3) is 0 Å². The van der Waals surface area contributed by atoms with Gasteiger partial charge in [-0.15, -0.1) is 0 Å². The van der Waals surface area contributed by atoms with Crippen LogP contribution in [-0.2, 0) is 0 Å². The van der Waals surface area contributed by atoms with Crippen LogP contribution in [0, 0.1) is 0 Å². The van der Waals surface area contributed by atoms with Crippen LogP contribution in [0.4, 0.5) is 17.1 Å². The summed E-state index contributed by atoms with van der Waals surface area (Å²) in [6, 6.07) is 82.1. The molecule has 0 atom stereocenters. The molecule has 2 heteroatoms. The third-order valence-electron chi connectivity index (χ3n) is 12.4. The third kappa shape index (κ3) is 5.50. The molecular formula is C58H38N2. The zero-order chi connectivity index (χ0) is 39.6. The van der Waals surface area contributed by atoms with Gasteiger partial charge in [0.15, 0.2) is 0 Å². The highest BCUT2D eigenvalue weighted by atomic mass is 15.1. The topological polar surface area (TPSA) is 7.65 Å². The molecule has 2 nitrogen and oxygen atoms in total. The van der Waals surface area contributed by atoms with Crippen LogP contribution in [0.5, 0.6) is 0 Å². The van der Waals surface area contributed by atoms with Crippen LogP contribution in [0.25, 0.3) is 92.9 Å². The van der Waals surface area contributed by atoms with E-state index in [1.165, 1.54) is 92.9 Å². The van der Waals surface area contributed by atoms with E-state index in [-0.39, 0.29) is 0 Å². The van der Waals surface area contributed by atoms with Gasteiger partial charge in [-0.05, 0) is 120 Å². The van der Waals surface area contributed by atoms with Gasteiger partial charge in [0.2, 0.25) is 0 Å². The van der Waals surface area contributed by atoms with Gasteiger partial charge in [0.1, 0.15) is 0 Å². The number of rotatable bonds is 6. The van der Waals surface area contributed by atoms with E-state index in [2.05, 4.69) is 240 Å². The van der Waals surface area contributed by atoms with Gasteiger partial charge in [0.05, 0.1) is 16.7 Å². The van der Waals surface area contributed by atoms with Crippen LogP contribution >= 0.6 is 0 Å². The van der Waals surface area contributed by atoms with Crippen molar-refractivity contribution in [1.82, 2.24) is 4.40 Å². The van der Waals surface area contributed by atoms with E-state index in [1.54, 1.807) is 0 Å². The third-order valence-corrected chi connectivity index (χ3v) is 12.4. The summed E-state index contributed by atoms with van der Waals surface area (Å²) in [6.07, 6.45) is 2.18. The summed E-state index contributed by atoms with van der Waals surface area (Å²) < 4.78 is 2.33. The Morgan fingerprint density at radius 2 is 0.917 bits per heavy atom. The maximum atomic E-state index is 2.42. The molecule has 60 heavy (non-hydrogen) atoms. The van der Waals surface area contributed by atoms with Gasteiger partial charge in [0, 0.05) is 33.9 Å². The molecule has 0 amide bonds. The fourth-order valence-electron chi connectivity index (χ4n) is 9.55. The molecule has 0 unspecified atom stereocenters. The fourth-order valence-corrected chi connectivity index (χ4v) is 9.55. The number of benzene rings is 10. The Balaban J connectivity index is 1.01. The van der Waals surface area contributed by atoms with Crippen LogP contribution in [0.1, 0.15) is 0 Å². The van der Waals surface area contributed by atoms with Crippen molar-refractivity contribution in [3.8, 4) is 33.4 Å². The maximum absolute atomic E-state index is 2.42. The zero-order valence-corrected chi connectivity index (χ0v) is 32.8. The number of nitrogens with zero attached hydrogens (tertiary/aromatic N) is 2. The molecule has 12 rings (SSSR count). The molecule has 10 aromatic carbocycles. The minimum absolute atomic E-state index is 1.10. The van der Waals surface area contributed by atoms with Crippen molar-refractivity contribution < 1.29 is 0 Å². The Hall–Kier alpha value is -7.94. The first-order chi connectivity index (χ1) is 29.8. The molecule has 0 aliphatic rings. The Morgan fingerprint density at radius 1 is 0.317 bits per heavy atom. The van der Waals surface area contributed by atoms with Gasteiger partial charge in [-0.2, -0.15) is 0 Å². The van der Waals surface area contributed by atoms with Gasteiger partial charge in [-0.25, -0.2) is 0 Å². The molecular weight excluding hydrogens is 725 g/mol. The largest absolute Gasteiger partial charge is 0.316 e. The average molecular weight is 763 g/mol. The Bertz CT molecular complexity index is 3580. The normalized spacial score (nSPS) is 11.7. The van der Waals surface area contributed by atoms with E-state index in [0.29, 0.717) is 0 Å². The van der Waals surface area contributed by atoms with Gasteiger partial charge >= 0.3 is 0 Å². The van der Waals surface area contributed by atoms with Gasteiger partial charge < -0.3 is 9.30 Å². The predicted molar refractivity (Wildman–Crippen MR) is 256 cm³/mol. The van der Waals surface area contributed by atoms with E-state index in [1.807, 2.05) is 0 Å². The van der Waals surface area contributed by atoms with Crippen molar-refractivity contribution >= 4 is 76.6 Å². The maximum Gasteiger partial charge on any atom is 0.0546 e. The highest BCUT2D eigenvalue weighted by Crippen LogP contribution is 2.44. The molecule has 0 spiro atoms. The lowest BCUT2D eigenvalue weighted by Crippen LogP contribution is -2.10. The van der Waals surface area contributed by atoms with Crippen molar-refractivity contribution in [2.24, 2.45) is 0 Å². The molecule has 2 heterocycles. The lowest BCUT2D eigenvalue weighted by atomic mass is 9.95. The lowest BCUT2D eigenvalue weighted by Gasteiger charge is -2.28. The smallest absolute Gasteiger partial charge is 0.0546 e. The Kier molecular flexibility index (Phi) is 7.89. The molecule has 0 radical (unpaired) electrons. The number of hydrogen-bond acceptors (Lipinski definition) is 1. The number of hydrogen-bond donors (Lipinski definition) is 0. The van der Waals surface area contributed by atoms with E-state index in [9.17, 15) is 0 Å².